The van der Waals surface area contributed by atoms with Crippen molar-refractivity contribution in [1.82, 2.24) is 10.0 Å². The van der Waals surface area contributed by atoms with Crippen LogP contribution in [0.1, 0.15) is 36.7 Å². The van der Waals surface area contributed by atoms with Crippen LogP contribution < -0.4 is 15.8 Å². The first-order valence-electron chi connectivity index (χ1n) is 8.76. The number of amides is 2. The van der Waals surface area contributed by atoms with Gasteiger partial charge >= 0.3 is 0 Å². The topological polar surface area (TPSA) is 118 Å². The summed E-state index contributed by atoms with van der Waals surface area (Å²) in [6, 6.07) is 13.8. The van der Waals surface area contributed by atoms with Gasteiger partial charge in [-0.25, -0.2) is 13.1 Å². The molecule has 0 aliphatic carbocycles. The van der Waals surface area contributed by atoms with Gasteiger partial charge in [0.1, 0.15) is 6.04 Å². The predicted molar refractivity (Wildman–Crippen MR) is 107 cm³/mol. The molecule has 0 saturated carbocycles. The van der Waals surface area contributed by atoms with E-state index in [1.165, 1.54) is 24.3 Å². The van der Waals surface area contributed by atoms with Crippen LogP contribution in [0.3, 0.4) is 0 Å². The fourth-order valence-electron chi connectivity index (χ4n) is 2.56. The first-order valence-corrected chi connectivity index (χ1v) is 10.2. The molecule has 0 saturated heterocycles. The van der Waals surface area contributed by atoms with Gasteiger partial charge in [0.25, 0.3) is 5.91 Å². The van der Waals surface area contributed by atoms with Gasteiger partial charge in [0.2, 0.25) is 15.9 Å². The van der Waals surface area contributed by atoms with Crippen LogP contribution in [0.15, 0.2) is 59.5 Å². The standard InChI is InChI=1S/C20H25N3O4S/c1-20(2,3)23-28(26,27)16-11-9-15(10-12-16)19(25)22-17(18(21)24)13-14-7-5-4-6-8-14/h4-12,17,23H,13H2,1-3H3,(H2,21,24)(H,22,25)/t17-/m0/s1. The molecule has 0 fully saturated rings. The zero-order valence-corrected chi connectivity index (χ0v) is 16.9. The van der Waals surface area contributed by atoms with Crippen LogP contribution in [0.5, 0.6) is 0 Å². The summed E-state index contributed by atoms with van der Waals surface area (Å²) in [5.41, 5.74) is 5.88. The molecule has 0 aromatic heterocycles. The molecule has 0 aliphatic heterocycles. The summed E-state index contributed by atoms with van der Waals surface area (Å²) in [6.45, 7) is 5.22. The Balaban J connectivity index is 2.12. The summed E-state index contributed by atoms with van der Waals surface area (Å²) in [6.07, 6.45) is 0.268. The second-order valence-corrected chi connectivity index (χ2v) is 9.18. The van der Waals surface area contributed by atoms with E-state index in [1.807, 2.05) is 30.3 Å². The van der Waals surface area contributed by atoms with Crippen molar-refractivity contribution in [3.63, 3.8) is 0 Å². The van der Waals surface area contributed by atoms with E-state index < -0.39 is 33.4 Å². The average Bonchev–Trinajstić information content (AvgIpc) is 2.60. The summed E-state index contributed by atoms with van der Waals surface area (Å²) < 4.78 is 27.2. The molecule has 4 N–H and O–H groups in total. The number of hydrogen-bond donors (Lipinski definition) is 3. The third-order valence-corrected chi connectivity index (χ3v) is 5.57. The van der Waals surface area contributed by atoms with Gasteiger partial charge in [-0.05, 0) is 50.6 Å². The number of carbonyl (C=O) groups excluding carboxylic acids is 2. The minimum Gasteiger partial charge on any atom is -0.368 e. The first-order chi connectivity index (χ1) is 13.0. The summed E-state index contributed by atoms with van der Waals surface area (Å²) in [5.74, 6) is -1.15. The van der Waals surface area contributed by atoms with Gasteiger partial charge in [-0.15, -0.1) is 0 Å². The van der Waals surface area contributed by atoms with E-state index in [4.69, 9.17) is 5.73 Å². The number of nitrogens with one attached hydrogen (secondary N) is 2. The van der Waals surface area contributed by atoms with Crippen LogP contribution in [-0.2, 0) is 21.2 Å². The average molecular weight is 404 g/mol. The molecule has 1 atom stereocenters. The molecule has 0 heterocycles. The van der Waals surface area contributed by atoms with Crippen LogP contribution in [0.2, 0.25) is 0 Å². The zero-order valence-electron chi connectivity index (χ0n) is 16.1. The van der Waals surface area contributed by atoms with Crippen molar-refractivity contribution >= 4 is 21.8 Å². The molecule has 0 unspecified atom stereocenters. The molecule has 8 heteroatoms. The normalized spacial score (nSPS) is 13.0. The van der Waals surface area contributed by atoms with Gasteiger partial charge in [0.15, 0.2) is 0 Å². The highest BCUT2D eigenvalue weighted by molar-refractivity contribution is 7.89. The maximum Gasteiger partial charge on any atom is 0.251 e. The number of primary amides is 1. The fourth-order valence-corrected chi connectivity index (χ4v) is 3.98. The van der Waals surface area contributed by atoms with Gasteiger partial charge in [0.05, 0.1) is 4.90 Å². The third-order valence-electron chi connectivity index (χ3n) is 3.80. The number of hydrogen-bond acceptors (Lipinski definition) is 4. The predicted octanol–water partition coefficient (Wildman–Crippen LogP) is 1.59. The van der Waals surface area contributed by atoms with E-state index in [2.05, 4.69) is 10.0 Å². The van der Waals surface area contributed by atoms with Crippen molar-refractivity contribution in [1.29, 1.82) is 0 Å². The molecule has 0 bridgehead atoms. The van der Waals surface area contributed by atoms with Crippen LogP contribution >= 0.6 is 0 Å². The van der Waals surface area contributed by atoms with E-state index in [0.29, 0.717) is 0 Å². The van der Waals surface area contributed by atoms with Crippen LogP contribution in [0.4, 0.5) is 0 Å². The second kappa shape index (κ2) is 8.53. The molecular weight excluding hydrogens is 378 g/mol. The first kappa shape index (κ1) is 21.6. The van der Waals surface area contributed by atoms with Gasteiger partial charge < -0.3 is 11.1 Å². The molecular formula is C20H25N3O4S. The van der Waals surface area contributed by atoms with Crippen molar-refractivity contribution in [3.05, 3.63) is 65.7 Å². The third kappa shape index (κ3) is 6.17. The number of nitrogens with two attached hydrogens (primary N) is 1. The summed E-state index contributed by atoms with van der Waals surface area (Å²) in [7, 11) is -3.69. The van der Waals surface area contributed by atoms with E-state index >= 15 is 0 Å². The Morgan fingerprint density at radius 2 is 1.57 bits per heavy atom. The highest BCUT2D eigenvalue weighted by Gasteiger charge is 2.23. The lowest BCUT2D eigenvalue weighted by Gasteiger charge is -2.20. The molecule has 7 nitrogen and oxygen atoms in total. The van der Waals surface area contributed by atoms with Crippen molar-refractivity contribution < 1.29 is 18.0 Å². The number of rotatable bonds is 7. The largest absolute Gasteiger partial charge is 0.368 e. The molecule has 2 aromatic carbocycles. The van der Waals surface area contributed by atoms with Gasteiger partial charge in [-0.1, -0.05) is 30.3 Å². The highest BCUT2D eigenvalue weighted by atomic mass is 32.2. The van der Waals surface area contributed by atoms with Crippen molar-refractivity contribution in [3.8, 4) is 0 Å². The van der Waals surface area contributed by atoms with E-state index in [0.717, 1.165) is 5.56 Å². The Morgan fingerprint density at radius 3 is 2.07 bits per heavy atom. The lowest BCUT2D eigenvalue weighted by molar-refractivity contribution is -0.119. The maximum atomic E-state index is 12.5. The summed E-state index contributed by atoms with van der Waals surface area (Å²) in [5, 5.41) is 2.60. The molecule has 2 aromatic rings. The van der Waals surface area contributed by atoms with E-state index in [1.54, 1.807) is 20.8 Å². The smallest absolute Gasteiger partial charge is 0.251 e. The molecule has 28 heavy (non-hydrogen) atoms. The second-order valence-electron chi connectivity index (χ2n) is 7.50. The number of sulfonamides is 1. The Bertz CT molecular complexity index is 934. The molecule has 2 amide bonds. The van der Waals surface area contributed by atoms with Crippen LogP contribution in [-0.4, -0.2) is 31.8 Å². The summed E-state index contributed by atoms with van der Waals surface area (Å²) >= 11 is 0. The Labute approximate surface area is 165 Å². The van der Waals surface area contributed by atoms with Gasteiger partial charge in [-0.3, -0.25) is 9.59 Å². The molecule has 0 aliphatic rings. The van der Waals surface area contributed by atoms with Crippen molar-refractivity contribution in [2.24, 2.45) is 5.73 Å². The van der Waals surface area contributed by atoms with Crippen LogP contribution in [0.25, 0.3) is 0 Å². The van der Waals surface area contributed by atoms with Crippen molar-refractivity contribution in [2.75, 3.05) is 0 Å². The highest BCUT2D eigenvalue weighted by Crippen LogP contribution is 2.14. The number of benzene rings is 2. The van der Waals surface area contributed by atoms with Crippen LogP contribution in [0, 0.1) is 0 Å². The molecule has 0 spiro atoms. The van der Waals surface area contributed by atoms with Gasteiger partial charge in [-0.2, -0.15) is 0 Å². The van der Waals surface area contributed by atoms with E-state index in [-0.39, 0.29) is 16.9 Å². The zero-order chi connectivity index (χ0) is 20.9. The van der Waals surface area contributed by atoms with Gasteiger partial charge in [0, 0.05) is 17.5 Å². The number of carbonyl (C=O) groups is 2. The minimum atomic E-state index is -3.69. The van der Waals surface area contributed by atoms with Crippen molar-refractivity contribution in [2.45, 2.75) is 43.7 Å². The SMILES string of the molecule is CC(C)(C)NS(=O)(=O)c1ccc(C(=O)N[C@@H](Cc2ccccc2)C(N)=O)cc1. The molecule has 0 radical (unpaired) electrons. The molecule has 2 rings (SSSR count). The fraction of sp³-hybridized carbons (Fsp3) is 0.300. The molecule has 150 valence electrons. The minimum absolute atomic E-state index is 0.0507. The quantitative estimate of drug-likeness (QED) is 0.650. The lowest BCUT2D eigenvalue weighted by atomic mass is 10.0. The Morgan fingerprint density at radius 1 is 1.00 bits per heavy atom. The lowest BCUT2D eigenvalue weighted by Crippen LogP contribution is -2.45. The Hall–Kier alpha value is -2.71. The summed E-state index contributed by atoms with van der Waals surface area (Å²) in [4.78, 5) is 24.2. The Kier molecular flexibility index (Phi) is 6.58. The maximum absolute atomic E-state index is 12.5. The van der Waals surface area contributed by atoms with E-state index in [9.17, 15) is 18.0 Å². The monoisotopic (exact) mass is 403 g/mol.